The predicted molar refractivity (Wildman–Crippen MR) is 84.9 cm³/mol. The second-order valence-electron chi connectivity index (χ2n) is 6.17. The van der Waals surface area contributed by atoms with Crippen LogP contribution in [0.4, 0.5) is 5.69 Å². The highest BCUT2D eigenvalue weighted by molar-refractivity contribution is 9.10. The van der Waals surface area contributed by atoms with Crippen molar-refractivity contribution in [2.24, 2.45) is 5.41 Å². The maximum Gasteiger partial charge on any atom is 0.0396 e. The van der Waals surface area contributed by atoms with Gasteiger partial charge in [-0.3, -0.25) is 0 Å². The number of nitrogens with one attached hydrogen (secondary N) is 1. The molecule has 0 unspecified atom stereocenters. The Hall–Kier alpha value is -0.540. The molecular weight excluding hydrogens is 300 g/mol. The zero-order valence-electron chi connectivity index (χ0n) is 11.7. The van der Waals surface area contributed by atoms with Gasteiger partial charge in [0, 0.05) is 23.2 Å². The van der Waals surface area contributed by atoms with Crippen LogP contribution >= 0.6 is 15.9 Å². The Kier molecular flexibility index (Phi) is 3.86. The molecule has 0 aliphatic carbocycles. The molecule has 2 aliphatic rings. The summed E-state index contributed by atoms with van der Waals surface area (Å²) in [5.41, 5.74) is 3.45. The maximum atomic E-state index is 3.55. The quantitative estimate of drug-likeness (QED) is 0.847. The van der Waals surface area contributed by atoms with Gasteiger partial charge in [-0.2, -0.15) is 0 Å². The number of rotatable bonds is 1. The predicted octanol–water partition coefficient (Wildman–Crippen LogP) is 3.73. The third kappa shape index (κ3) is 2.82. The molecule has 104 valence electrons. The fourth-order valence-electron chi connectivity index (χ4n) is 3.65. The van der Waals surface area contributed by atoms with E-state index in [4.69, 9.17) is 0 Å². The molecule has 2 aliphatic heterocycles. The first kappa shape index (κ1) is 13.4. The fraction of sp³-hybridized carbons (Fsp3) is 0.625. The lowest BCUT2D eigenvalue weighted by Crippen LogP contribution is -2.45. The van der Waals surface area contributed by atoms with E-state index in [0.717, 1.165) is 0 Å². The van der Waals surface area contributed by atoms with Gasteiger partial charge in [-0.1, -0.05) is 15.9 Å². The molecule has 0 radical (unpaired) electrons. The summed E-state index contributed by atoms with van der Waals surface area (Å²) in [6.07, 6.45) is 5.48. The average Bonchev–Trinajstić information content (AvgIpc) is 2.41. The van der Waals surface area contributed by atoms with Crippen molar-refractivity contribution in [2.75, 3.05) is 31.1 Å². The highest BCUT2D eigenvalue weighted by Gasteiger charge is 2.35. The molecule has 0 bridgehead atoms. The highest BCUT2D eigenvalue weighted by atomic mass is 79.9. The van der Waals surface area contributed by atoms with Crippen LogP contribution in [0.15, 0.2) is 22.7 Å². The Morgan fingerprint density at radius 3 is 2.42 bits per heavy atom. The third-order valence-corrected chi connectivity index (χ3v) is 5.48. The van der Waals surface area contributed by atoms with Crippen molar-refractivity contribution >= 4 is 21.6 Å². The molecule has 3 heteroatoms. The van der Waals surface area contributed by atoms with Gasteiger partial charge >= 0.3 is 0 Å². The van der Waals surface area contributed by atoms with E-state index in [1.54, 1.807) is 0 Å². The van der Waals surface area contributed by atoms with Crippen molar-refractivity contribution in [3.8, 4) is 0 Å². The highest BCUT2D eigenvalue weighted by Crippen LogP contribution is 2.41. The van der Waals surface area contributed by atoms with Gasteiger partial charge in [0.25, 0.3) is 0 Å². The van der Waals surface area contributed by atoms with E-state index in [1.165, 1.54) is 67.6 Å². The Bertz CT molecular complexity index is 442. The zero-order valence-corrected chi connectivity index (χ0v) is 13.3. The molecule has 19 heavy (non-hydrogen) atoms. The van der Waals surface area contributed by atoms with Crippen molar-refractivity contribution in [3.05, 3.63) is 28.2 Å². The third-order valence-electron chi connectivity index (χ3n) is 4.99. The molecule has 2 fully saturated rings. The van der Waals surface area contributed by atoms with Crippen molar-refractivity contribution in [1.29, 1.82) is 0 Å². The number of aryl methyl sites for hydroxylation is 1. The minimum Gasteiger partial charge on any atom is -0.371 e. The van der Waals surface area contributed by atoms with E-state index in [0.29, 0.717) is 5.41 Å². The molecule has 1 N–H and O–H groups in total. The molecule has 1 spiro atoms. The van der Waals surface area contributed by atoms with E-state index in [-0.39, 0.29) is 0 Å². The molecule has 0 saturated carbocycles. The standard InChI is InChI=1S/C16H23BrN2/c1-13-12-14(17)2-3-15(13)19-10-6-16(7-11-19)4-8-18-9-5-16/h2-3,12,18H,4-11H2,1H3. The van der Waals surface area contributed by atoms with E-state index in [1.807, 2.05) is 0 Å². The lowest BCUT2D eigenvalue weighted by molar-refractivity contribution is 0.155. The summed E-state index contributed by atoms with van der Waals surface area (Å²) in [6.45, 7) is 7.11. The number of hydrogen-bond acceptors (Lipinski definition) is 2. The minimum absolute atomic E-state index is 0.644. The van der Waals surface area contributed by atoms with Crippen molar-refractivity contribution in [3.63, 3.8) is 0 Å². The SMILES string of the molecule is Cc1cc(Br)ccc1N1CCC2(CCNCC2)CC1. The minimum atomic E-state index is 0.644. The Morgan fingerprint density at radius 1 is 1.11 bits per heavy atom. The summed E-state index contributed by atoms with van der Waals surface area (Å²) in [5.74, 6) is 0. The second kappa shape index (κ2) is 5.45. The monoisotopic (exact) mass is 322 g/mol. The molecule has 0 amide bonds. The van der Waals surface area contributed by atoms with Crippen LogP contribution in [0.2, 0.25) is 0 Å². The van der Waals surface area contributed by atoms with Gasteiger partial charge in [0.05, 0.1) is 0 Å². The van der Waals surface area contributed by atoms with Gasteiger partial charge in [0.15, 0.2) is 0 Å². The lowest BCUT2D eigenvalue weighted by atomic mass is 9.71. The summed E-state index contributed by atoms with van der Waals surface area (Å²) in [7, 11) is 0. The maximum absolute atomic E-state index is 3.55. The number of halogens is 1. The molecule has 1 aromatic rings. The van der Waals surface area contributed by atoms with Crippen LogP contribution in [0, 0.1) is 12.3 Å². The summed E-state index contributed by atoms with van der Waals surface area (Å²) in [6, 6.07) is 6.65. The van der Waals surface area contributed by atoms with E-state index >= 15 is 0 Å². The fourth-order valence-corrected chi connectivity index (χ4v) is 4.13. The normalized spacial score (nSPS) is 22.7. The van der Waals surface area contributed by atoms with Crippen molar-refractivity contribution in [2.45, 2.75) is 32.6 Å². The van der Waals surface area contributed by atoms with Crippen LogP contribution in [0.3, 0.4) is 0 Å². The molecule has 2 heterocycles. The Morgan fingerprint density at radius 2 is 1.79 bits per heavy atom. The van der Waals surface area contributed by atoms with Crippen molar-refractivity contribution < 1.29 is 0 Å². The van der Waals surface area contributed by atoms with Gasteiger partial charge in [-0.15, -0.1) is 0 Å². The summed E-state index contributed by atoms with van der Waals surface area (Å²) < 4.78 is 1.18. The number of benzene rings is 1. The molecular formula is C16H23BrN2. The van der Waals surface area contributed by atoms with Gasteiger partial charge in [0.1, 0.15) is 0 Å². The van der Waals surface area contributed by atoms with E-state index in [2.05, 4.69) is 51.3 Å². The van der Waals surface area contributed by atoms with Crippen molar-refractivity contribution in [1.82, 2.24) is 5.32 Å². The number of piperidine rings is 2. The molecule has 0 atom stereocenters. The largest absolute Gasteiger partial charge is 0.371 e. The first-order valence-electron chi connectivity index (χ1n) is 7.40. The van der Waals surface area contributed by atoms with Gasteiger partial charge in [0.2, 0.25) is 0 Å². The van der Waals surface area contributed by atoms with Gasteiger partial charge in [-0.05, 0) is 74.9 Å². The lowest BCUT2D eigenvalue weighted by Gasteiger charge is -2.45. The Balaban J connectivity index is 1.69. The second-order valence-corrected chi connectivity index (χ2v) is 7.08. The van der Waals surface area contributed by atoms with Crippen LogP contribution in [0.1, 0.15) is 31.2 Å². The first-order chi connectivity index (χ1) is 9.19. The van der Waals surface area contributed by atoms with Gasteiger partial charge in [-0.25, -0.2) is 0 Å². The summed E-state index contributed by atoms with van der Waals surface area (Å²) >= 11 is 3.55. The van der Waals surface area contributed by atoms with Crippen LogP contribution in [-0.2, 0) is 0 Å². The molecule has 2 nitrogen and oxygen atoms in total. The summed E-state index contributed by atoms with van der Waals surface area (Å²) in [5, 5.41) is 3.50. The van der Waals surface area contributed by atoms with Gasteiger partial charge < -0.3 is 10.2 Å². The molecule has 3 rings (SSSR count). The van der Waals surface area contributed by atoms with E-state index in [9.17, 15) is 0 Å². The average molecular weight is 323 g/mol. The topological polar surface area (TPSA) is 15.3 Å². The number of anilines is 1. The van der Waals surface area contributed by atoms with Crippen LogP contribution in [0.25, 0.3) is 0 Å². The molecule has 0 aromatic heterocycles. The first-order valence-corrected chi connectivity index (χ1v) is 8.20. The molecule has 1 aromatic carbocycles. The zero-order chi connectivity index (χ0) is 13.3. The Labute approximate surface area is 124 Å². The molecule has 2 saturated heterocycles. The van der Waals surface area contributed by atoms with Crippen LogP contribution in [-0.4, -0.2) is 26.2 Å². The van der Waals surface area contributed by atoms with Crippen LogP contribution < -0.4 is 10.2 Å². The number of hydrogen-bond donors (Lipinski definition) is 1. The van der Waals surface area contributed by atoms with E-state index < -0.39 is 0 Å². The number of nitrogens with zero attached hydrogens (tertiary/aromatic N) is 1. The smallest absolute Gasteiger partial charge is 0.0396 e. The summed E-state index contributed by atoms with van der Waals surface area (Å²) in [4.78, 5) is 2.58. The van der Waals surface area contributed by atoms with Crippen LogP contribution in [0.5, 0.6) is 0 Å².